The van der Waals surface area contributed by atoms with Gasteiger partial charge < -0.3 is 25.4 Å². The Kier molecular flexibility index (Phi) is 11.4. The molecule has 3 rings (SSSR count). The number of halogens is 4. The molecule has 9 nitrogen and oxygen atoms in total. The second-order valence-electron chi connectivity index (χ2n) is 10.3. The summed E-state index contributed by atoms with van der Waals surface area (Å²) in [5.74, 6) is 1.37. The van der Waals surface area contributed by atoms with E-state index in [9.17, 15) is 18.0 Å². The average Bonchev–Trinajstić information content (AvgIpc) is 2.97. The van der Waals surface area contributed by atoms with Crippen molar-refractivity contribution in [2.45, 2.75) is 39.9 Å². The third-order valence-corrected chi connectivity index (χ3v) is 6.44. The van der Waals surface area contributed by atoms with Gasteiger partial charge in [0, 0.05) is 31.2 Å². The molecule has 0 bridgehead atoms. The van der Waals surface area contributed by atoms with E-state index in [1.165, 1.54) is 12.3 Å². The quantitative estimate of drug-likeness (QED) is 0.133. The van der Waals surface area contributed by atoms with Crippen LogP contribution in [0.2, 0.25) is 0 Å². The molecule has 226 valence electrons. The number of carbonyl (C=O) groups is 1. The summed E-state index contributed by atoms with van der Waals surface area (Å²) in [7, 11) is 0. The van der Waals surface area contributed by atoms with E-state index in [0.717, 1.165) is 17.6 Å². The lowest BCUT2D eigenvalue weighted by Crippen LogP contribution is -2.33. The number of aromatic nitrogens is 3. The molecule has 2 aromatic heterocycles. The van der Waals surface area contributed by atoms with Crippen LogP contribution in [0.5, 0.6) is 11.8 Å². The van der Waals surface area contributed by atoms with E-state index in [1.807, 2.05) is 12.1 Å². The zero-order valence-corrected chi connectivity index (χ0v) is 24.4. The first-order valence-corrected chi connectivity index (χ1v) is 13.7. The molecule has 0 aliphatic carbocycles. The maximum absolute atomic E-state index is 12.8. The summed E-state index contributed by atoms with van der Waals surface area (Å²) in [6.45, 7) is 9.54. The van der Waals surface area contributed by atoms with Gasteiger partial charge in [-0.3, -0.25) is 4.79 Å². The van der Waals surface area contributed by atoms with Gasteiger partial charge in [-0.15, -0.1) is 11.6 Å². The smallest absolute Gasteiger partial charge is 0.422 e. The second-order valence-corrected chi connectivity index (χ2v) is 10.5. The van der Waals surface area contributed by atoms with Crippen LogP contribution in [0.1, 0.15) is 43.1 Å². The minimum atomic E-state index is -4.56. The fourth-order valence-corrected chi connectivity index (χ4v) is 3.27. The van der Waals surface area contributed by atoms with Crippen LogP contribution in [0.25, 0.3) is 0 Å². The summed E-state index contributed by atoms with van der Waals surface area (Å²) >= 11 is 5.71. The molecule has 0 fully saturated rings. The lowest BCUT2D eigenvalue weighted by atomic mass is 9.90. The maximum atomic E-state index is 12.8. The van der Waals surface area contributed by atoms with Gasteiger partial charge in [0.1, 0.15) is 29.8 Å². The molecular formula is C29H34ClF3N6O3. The molecule has 42 heavy (non-hydrogen) atoms. The molecule has 0 aliphatic rings. The Morgan fingerprint density at radius 3 is 2.36 bits per heavy atom. The summed E-state index contributed by atoms with van der Waals surface area (Å²) in [6.07, 6.45) is -2.26. The van der Waals surface area contributed by atoms with E-state index in [1.54, 1.807) is 24.3 Å². The number of alkyl halides is 4. The Hall–Kier alpha value is -4.06. The van der Waals surface area contributed by atoms with Crippen LogP contribution in [0.4, 0.5) is 30.6 Å². The SMILES string of the molecule is C=C(CCl)COc1ccc(CNc2cc(Nc3ccc(C(=O)NCC(C)(C)CC)cn3)nc(OCC(F)(F)F)n2)cc1. The molecule has 0 aliphatic heterocycles. The first-order valence-electron chi connectivity index (χ1n) is 13.1. The summed E-state index contributed by atoms with van der Waals surface area (Å²) < 4.78 is 48.7. The second kappa shape index (κ2) is 14.7. The van der Waals surface area contributed by atoms with E-state index in [4.69, 9.17) is 21.1 Å². The van der Waals surface area contributed by atoms with Crippen LogP contribution in [0.15, 0.2) is 60.8 Å². The normalized spacial score (nSPS) is 11.5. The number of hydrogen-bond acceptors (Lipinski definition) is 8. The number of pyridine rings is 1. The molecule has 0 saturated heterocycles. The average molecular weight is 607 g/mol. The summed E-state index contributed by atoms with van der Waals surface area (Å²) in [6, 6.07) is 11.4. The van der Waals surface area contributed by atoms with Crippen molar-refractivity contribution in [3.05, 3.63) is 71.9 Å². The minimum absolute atomic E-state index is 0.0344. The lowest BCUT2D eigenvalue weighted by molar-refractivity contribution is -0.154. The molecule has 3 N–H and O–H groups in total. The number of rotatable bonds is 15. The maximum Gasteiger partial charge on any atom is 0.422 e. The van der Waals surface area contributed by atoms with E-state index < -0.39 is 18.8 Å². The zero-order chi connectivity index (χ0) is 30.8. The molecule has 13 heteroatoms. The highest BCUT2D eigenvalue weighted by molar-refractivity contribution is 6.19. The van der Waals surface area contributed by atoms with Crippen molar-refractivity contribution < 1.29 is 27.4 Å². The Balaban J connectivity index is 1.69. The highest BCUT2D eigenvalue weighted by Crippen LogP contribution is 2.23. The lowest BCUT2D eigenvalue weighted by Gasteiger charge is -2.22. The highest BCUT2D eigenvalue weighted by Gasteiger charge is 2.29. The highest BCUT2D eigenvalue weighted by atomic mass is 35.5. The first-order chi connectivity index (χ1) is 19.9. The molecule has 0 radical (unpaired) electrons. The van der Waals surface area contributed by atoms with Gasteiger partial charge in [0.05, 0.1) is 5.56 Å². The number of nitrogens with zero attached hydrogens (tertiary/aromatic N) is 3. The zero-order valence-electron chi connectivity index (χ0n) is 23.6. The molecule has 3 aromatic rings. The van der Waals surface area contributed by atoms with Crippen molar-refractivity contribution >= 4 is 35.0 Å². The van der Waals surface area contributed by atoms with Crippen LogP contribution in [-0.2, 0) is 6.54 Å². The van der Waals surface area contributed by atoms with Crippen LogP contribution in [0.3, 0.4) is 0 Å². The summed E-state index contributed by atoms with van der Waals surface area (Å²) in [5, 5.41) is 8.87. The number of amides is 1. The number of carbonyl (C=O) groups excluding carboxylic acids is 1. The van der Waals surface area contributed by atoms with Crippen LogP contribution >= 0.6 is 11.6 Å². The molecule has 0 atom stereocenters. The largest absolute Gasteiger partial charge is 0.489 e. The number of nitrogens with one attached hydrogen (secondary N) is 3. The molecule has 0 spiro atoms. The summed E-state index contributed by atoms with van der Waals surface area (Å²) in [4.78, 5) is 24.8. The molecule has 0 saturated carbocycles. The molecule has 1 amide bonds. The van der Waals surface area contributed by atoms with Gasteiger partial charge in [0.15, 0.2) is 6.61 Å². The van der Waals surface area contributed by atoms with Crippen LogP contribution < -0.4 is 25.4 Å². The Labute approximate surface area is 247 Å². The first kappa shape index (κ1) is 32.5. The van der Waals surface area contributed by atoms with Gasteiger partial charge in [0.25, 0.3) is 5.91 Å². The van der Waals surface area contributed by atoms with Crippen molar-refractivity contribution in [1.29, 1.82) is 0 Å². The van der Waals surface area contributed by atoms with Crippen molar-refractivity contribution in [3.63, 3.8) is 0 Å². The van der Waals surface area contributed by atoms with Gasteiger partial charge in [-0.25, -0.2) is 4.98 Å². The fraction of sp³-hybridized carbons (Fsp3) is 0.379. The topological polar surface area (TPSA) is 110 Å². The number of anilines is 3. The van der Waals surface area contributed by atoms with Crippen molar-refractivity contribution in [2.24, 2.45) is 5.41 Å². The number of hydrogen-bond donors (Lipinski definition) is 3. The third kappa shape index (κ3) is 11.1. The monoisotopic (exact) mass is 606 g/mol. The fourth-order valence-electron chi connectivity index (χ4n) is 3.19. The van der Waals surface area contributed by atoms with Gasteiger partial charge in [-0.1, -0.05) is 39.5 Å². The van der Waals surface area contributed by atoms with Crippen LogP contribution in [-0.4, -0.2) is 52.7 Å². The van der Waals surface area contributed by atoms with Gasteiger partial charge >= 0.3 is 12.2 Å². The van der Waals surface area contributed by atoms with Gasteiger partial charge in [-0.05, 0) is 47.2 Å². The molecule has 2 heterocycles. The molecular weight excluding hydrogens is 573 g/mol. The Morgan fingerprint density at radius 1 is 1.02 bits per heavy atom. The predicted molar refractivity (Wildman–Crippen MR) is 157 cm³/mol. The van der Waals surface area contributed by atoms with Gasteiger partial charge in [0.2, 0.25) is 0 Å². The third-order valence-electron chi connectivity index (χ3n) is 6.07. The van der Waals surface area contributed by atoms with Gasteiger partial charge in [-0.2, -0.15) is 23.1 Å². The Bertz CT molecular complexity index is 1340. The Morgan fingerprint density at radius 2 is 1.74 bits per heavy atom. The standard InChI is InChI=1S/C29H34ClF3N6O3/c1-5-28(3,4)17-36-26(40)21-8-11-23(35-15-21)37-25-12-24(38-27(39-25)42-18-29(31,32)33)34-14-20-6-9-22(10-7-20)41-16-19(2)13-30/h6-12,15H,2,5,13-14,16-18H2,1,3-4H3,(H,36,40)(H2,34,35,37,38,39). The molecule has 1 aromatic carbocycles. The summed E-state index contributed by atoms with van der Waals surface area (Å²) in [5.41, 5.74) is 1.95. The predicted octanol–water partition coefficient (Wildman–Crippen LogP) is 6.51. The van der Waals surface area contributed by atoms with E-state index in [-0.39, 0.29) is 23.0 Å². The van der Waals surface area contributed by atoms with Crippen molar-refractivity contribution in [2.75, 3.05) is 36.3 Å². The van der Waals surface area contributed by atoms with Crippen molar-refractivity contribution in [1.82, 2.24) is 20.3 Å². The van der Waals surface area contributed by atoms with E-state index >= 15 is 0 Å². The van der Waals surface area contributed by atoms with E-state index in [0.29, 0.717) is 42.7 Å². The number of benzene rings is 1. The van der Waals surface area contributed by atoms with Crippen molar-refractivity contribution in [3.8, 4) is 11.8 Å². The van der Waals surface area contributed by atoms with E-state index in [2.05, 4.69) is 58.3 Å². The number of ether oxygens (including phenoxy) is 2. The minimum Gasteiger partial charge on any atom is -0.489 e. The van der Waals surface area contributed by atoms with Crippen LogP contribution in [0, 0.1) is 5.41 Å². The molecule has 0 unspecified atom stereocenters.